The standard InChI is InChI=1S/C10H12O2S/c1-10(9-3-2-6-13-9)5-4-8(7-11)12-10/h2-3,6-8H,4-5H2,1H3. The topological polar surface area (TPSA) is 26.3 Å². The molecule has 0 aromatic carbocycles. The van der Waals surface area contributed by atoms with Crippen molar-refractivity contribution < 1.29 is 9.53 Å². The highest BCUT2D eigenvalue weighted by Crippen LogP contribution is 2.40. The molecular formula is C10H12O2S. The van der Waals surface area contributed by atoms with E-state index in [4.69, 9.17) is 4.74 Å². The quantitative estimate of drug-likeness (QED) is 0.679. The molecule has 2 rings (SSSR count). The van der Waals surface area contributed by atoms with Crippen LogP contribution in [-0.4, -0.2) is 12.4 Å². The molecule has 70 valence electrons. The fraction of sp³-hybridized carbons (Fsp3) is 0.500. The maximum absolute atomic E-state index is 10.5. The van der Waals surface area contributed by atoms with Crippen molar-refractivity contribution in [2.24, 2.45) is 0 Å². The van der Waals surface area contributed by atoms with Crippen LogP contribution in [0.4, 0.5) is 0 Å². The predicted molar refractivity (Wildman–Crippen MR) is 51.8 cm³/mol. The summed E-state index contributed by atoms with van der Waals surface area (Å²) in [6, 6.07) is 4.08. The van der Waals surface area contributed by atoms with Gasteiger partial charge < -0.3 is 9.53 Å². The molecule has 1 aliphatic rings. The van der Waals surface area contributed by atoms with Gasteiger partial charge in [0.1, 0.15) is 18.0 Å². The Morgan fingerprint density at radius 3 is 3.15 bits per heavy atom. The molecule has 0 amide bonds. The number of carbonyl (C=O) groups excluding carboxylic acids is 1. The van der Waals surface area contributed by atoms with E-state index in [0.717, 1.165) is 19.1 Å². The first-order valence-electron chi connectivity index (χ1n) is 4.42. The average molecular weight is 196 g/mol. The molecule has 2 unspecified atom stereocenters. The minimum atomic E-state index is -0.222. The number of hydrogen-bond donors (Lipinski definition) is 0. The molecule has 1 fully saturated rings. The minimum Gasteiger partial charge on any atom is -0.359 e. The van der Waals surface area contributed by atoms with Crippen LogP contribution < -0.4 is 0 Å². The van der Waals surface area contributed by atoms with Crippen molar-refractivity contribution in [3.05, 3.63) is 22.4 Å². The van der Waals surface area contributed by atoms with E-state index in [1.165, 1.54) is 4.88 Å². The highest BCUT2D eigenvalue weighted by atomic mass is 32.1. The van der Waals surface area contributed by atoms with Gasteiger partial charge in [-0.25, -0.2) is 0 Å². The summed E-state index contributed by atoms with van der Waals surface area (Å²) < 4.78 is 5.68. The van der Waals surface area contributed by atoms with Crippen LogP contribution in [0, 0.1) is 0 Å². The Balaban J connectivity index is 2.19. The molecule has 0 spiro atoms. The Bertz CT molecular complexity index is 294. The van der Waals surface area contributed by atoms with Gasteiger partial charge in [0.15, 0.2) is 0 Å². The van der Waals surface area contributed by atoms with E-state index >= 15 is 0 Å². The SMILES string of the molecule is CC1(c2cccs2)CCC(C=O)O1. The molecule has 3 heteroatoms. The molecule has 1 aliphatic heterocycles. The largest absolute Gasteiger partial charge is 0.359 e. The number of ether oxygens (including phenoxy) is 1. The zero-order chi connectivity index (χ0) is 9.31. The summed E-state index contributed by atoms with van der Waals surface area (Å²) in [5.74, 6) is 0. The van der Waals surface area contributed by atoms with Gasteiger partial charge in [-0.2, -0.15) is 0 Å². The van der Waals surface area contributed by atoms with E-state index in [-0.39, 0.29) is 11.7 Å². The van der Waals surface area contributed by atoms with Crippen LogP contribution in [0.2, 0.25) is 0 Å². The van der Waals surface area contributed by atoms with E-state index < -0.39 is 0 Å². The molecule has 13 heavy (non-hydrogen) atoms. The molecule has 0 N–H and O–H groups in total. The van der Waals surface area contributed by atoms with Gasteiger partial charge in [-0.1, -0.05) is 6.07 Å². The van der Waals surface area contributed by atoms with Crippen LogP contribution >= 0.6 is 11.3 Å². The lowest BCUT2D eigenvalue weighted by atomic mass is 10.0. The molecule has 0 bridgehead atoms. The van der Waals surface area contributed by atoms with Gasteiger partial charge in [-0.15, -0.1) is 11.3 Å². The zero-order valence-electron chi connectivity index (χ0n) is 7.53. The van der Waals surface area contributed by atoms with E-state index in [9.17, 15) is 4.79 Å². The molecular weight excluding hydrogens is 184 g/mol. The summed E-state index contributed by atoms with van der Waals surface area (Å²) in [4.78, 5) is 11.8. The summed E-state index contributed by atoms with van der Waals surface area (Å²) in [6.07, 6.45) is 2.49. The molecule has 2 atom stereocenters. The average Bonchev–Trinajstić information content (AvgIpc) is 2.72. The van der Waals surface area contributed by atoms with Crippen LogP contribution in [0.25, 0.3) is 0 Å². The second kappa shape index (κ2) is 3.24. The molecule has 1 saturated heterocycles. The maximum atomic E-state index is 10.5. The van der Waals surface area contributed by atoms with Gasteiger partial charge >= 0.3 is 0 Å². The number of hydrogen-bond acceptors (Lipinski definition) is 3. The minimum absolute atomic E-state index is 0.202. The van der Waals surface area contributed by atoms with Crippen LogP contribution in [-0.2, 0) is 15.1 Å². The summed E-state index contributed by atoms with van der Waals surface area (Å²) >= 11 is 1.69. The third-order valence-electron chi connectivity index (χ3n) is 2.51. The van der Waals surface area contributed by atoms with Crippen molar-refractivity contribution >= 4 is 17.6 Å². The van der Waals surface area contributed by atoms with E-state index in [1.807, 2.05) is 11.4 Å². The molecule has 0 aliphatic carbocycles. The maximum Gasteiger partial charge on any atom is 0.148 e. The van der Waals surface area contributed by atoms with Crippen LogP contribution in [0.15, 0.2) is 17.5 Å². The number of thiophene rings is 1. The van der Waals surface area contributed by atoms with Gasteiger partial charge in [0.05, 0.1) is 0 Å². The first-order valence-corrected chi connectivity index (χ1v) is 5.30. The Morgan fingerprint density at radius 1 is 1.77 bits per heavy atom. The molecule has 1 aromatic rings. The van der Waals surface area contributed by atoms with E-state index in [1.54, 1.807) is 11.3 Å². The van der Waals surface area contributed by atoms with Crippen molar-refractivity contribution in [2.75, 3.05) is 0 Å². The van der Waals surface area contributed by atoms with Crippen molar-refractivity contribution in [3.8, 4) is 0 Å². The highest BCUT2D eigenvalue weighted by molar-refractivity contribution is 7.10. The van der Waals surface area contributed by atoms with Gasteiger partial charge in [0.25, 0.3) is 0 Å². The predicted octanol–water partition coefficient (Wildman–Crippen LogP) is 2.34. The van der Waals surface area contributed by atoms with Crippen molar-refractivity contribution in [3.63, 3.8) is 0 Å². The van der Waals surface area contributed by atoms with Crippen LogP contribution in [0.1, 0.15) is 24.6 Å². The lowest BCUT2D eigenvalue weighted by molar-refractivity contribution is -0.121. The van der Waals surface area contributed by atoms with Crippen molar-refractivity contribution in [1.82, 2.24) is 0 Å². The second-order valence-electron chi connectivity index (χ2n) is 3.54. The highest BCUT2D eigenvalue weighted by Gasteiger charge is 2.37. The molecule has 2 nitrogen and oxygen atoms in total. The van der Waals surface area contributed by atoms with Gasteiger partial charge in [0, 0.05) is 4.88 Å². The van der Waals surface area contributed by atoms with Gasteiger partial charge in [0.2, 0.25) is 0 Å². The normalized spacial score (nSPS) is 33.5. The molecule has 1 aromatic heterocycles. The third-order valence-corrected chi connectivity index (χ3v) is 3.63. The first-order chi connectivity index (χ1) is 6.24. The third kappa shape index (κ3) is 1.54. The molecule has 2 heterocycles. The van der Waals surface area contributed by atoms with Crippen molar-refractivity contribution in [1.29, 1.82) is 0 Å². The monoisotopic (exact) mass is 196 g/mol. The number of rotatable bonds is 2. The van der Waals surface area contributed by atoms with E-state index in [0.29, 0.717) is 0 Å². The number of aldehydes is 1. The summed E-state index contributed by atoms with van der Waals surface area (Å²) in [5.41, 5.74) is -0.222. The van der Waals surface area contributed by atoms with Gasteiger partial charge in [-0.05, 0) is 31.2 Å². The Labute approximate surface area is 81.5 Å². The van der Waals surface area contributed by atoms with Gasteiger partial charge in [-0.3, -0.25) is 0 Å². The van der Waals surface area contributed by atoms with Crippen molar-refractivity contribution in [2.45, 2.75) is 31.5 Å². The fourth-order valence-electron chi connectivity index (χ4n) is 1.73. The van der Waals surface area contributed by atoms with Crippen LogP contribution in [0.5, 0.6) is 0 Å². The lowest BCUT2D eigenvalue weighted by Crippen LogP contribution is -2.21. The van der Waals surface area contributed by atoms with Crippen LogP contribution in [0.3, 0.4) is 0 Å². The molecule has 0 saturated carbocycles. The fourth-order valence-corrected chi connectivity index (χ4v) is 2.59. The molecule has 0 radical (unpaired) electrons. The summed E-state index contributed by atoms with van der Waals surface area (Å²) in [5, 5.41) is 2.04. The number of carbonyl (C=O) groups is 1. The second-order valence-corrected chi connectivity index (χ2v) is 4.49. The summed E-state index contributed by atoms with van der Waals surface area (Å²) in [7, 11) is 0. The lowest BCUT2D eigenvalue weighted by Gasteiger charge is -2.22. The Hall–Kier alpha value is -0.670. The van der Waals surface area contributed by atoms with E-state index in [2.05, 4.69) is 13.0 Å². The zero-order valence-corrected chi connectivity index (χ0v) is 8.34. The Kier molecular flexibility index (Phi) is 2.22. The first kappa shape index (κ1) is 8.91. The summed E-state index contributed by atoms with van der Waals surface area (Å²) in [6.45, 7) is 2.06. The smallest absolute Gasteiger partial charge is 0.148 e. The Morgan fingerprint density at radius 2 is 2.62 bits per heavy atom.